The van der Waals surface area contributed by atoms with Gasteiger partial charge in [-0.2, -0.15) is 0 Å². The van der Waals surface area contributed by atoms with Gasteiger partial charge in [-0.25, -0.2) is 0 Å². The third kappa shape index (κ3) is 3.23. The van der Waals surface area contributed by atoms with Gasteiger partial charge in [-0.3, -0.25) is 4.79 Å². The maximum Gasteiger partial charge on any atom is 0.224 e. The zero-order valence-corrected chi connectivity index (χ0v) is 10.5. The number of rotatable bonds is 5. The van der Waals surface area contributed by atoms with Crippen molar-refractivity contribution in [2.45, 2.75) is 26.2 Å². The van der Waals surface area contributed by atoms with Crippen LogP contribution in [0.1, 0.15) is 26.2 Å². The number of furan rings is 1. The Balaban J connectivity index is 1.98. The van der Waals surface area contributed by atoms with E-state index in [-0.39, 0.29) is 5.91 Å². The van der Waals surface area contributed by atoms with E-state index < -0.39 is 0 Å². The molecule has 0 bridgehead atoms. The lowest BCUT2D eigenvalue weighted by Crippen LogP contribution is -2.10. The number of unbranched alkanes of at least 4 members (excludes halogenated alkanes) is 1. The molecule has 0 atom stereocenters. The summed E-state index contributed by atoms with van der Waals surface area (Å²) in [6, 6.07) is 11.4. The Morgan fingerprint density at radius 1 is 1.22 bits per heavy atom. The summed E-state index contributed by atoms with van der Waals surface area (Å²) in [5.74, 6) is 0.904. The van der Waals surface area contributed by atoms with Crippen LogP contribution in [0.25, 0.3) is 11.3 Å². The third-order valence-corrected chi connectivity index (χ3v) is 2.73. The minimum absolute atomic E-state index is 0.0719. The number of nitrogens with one attached hydrogen (secondary N) is 1. The number of benzene rings is 1. The minimum atomic E-state index is 0.0719. The SMILES string of the molecule is CCCCC(=O)Nc1ccc(-c2ccco2)cc1. The van der Waals surface area contributed by atoms with Crippen LogP contribution in [0.5, 0.6) is 0 Å². The summed E-state index contributed by atoms with van der Waals surface area (Å²) in [4.78, 5) is 11.6. The quantitative estimate of drug-likeness (QED) is 0.859. The predicted molar refractivity (Wildman–Crippen MR) is 72.3 cm³/mol. The summed E-state index contributed by atoms with van der Waals surface area (Å²) < 4.78 is 5.31. The molecular formula is C15H17NO2. The molecule has 0 fully saturated rings. The van der Waals surface area contributed by atoms with Gasteiger partial charge < -0.3 is 9.73 Å². The monoisotopic (exact) mass is 243 g/mol. The molecule has 1 heterocycles. The van der Waals surface area contributed by atoms with Gasteiger partial charge in [0.25, 0.3) is 0 Å². The van der Waals surface area contributed by atoms with Crippen molar-refractivity contribution in [3.8, 4) is 11.3 Å². The normalized spacial score (nSPS) is 10.3. The van der Waals surface area contributed by atoms with Crippen LogP contribution in [0, 0.1) is 0 Å². The molecule has 18 heavy (non-hydrogen) atoms. The van der Waals surface area contributed by atoms with Crippen LogP contribution in [-0.2, 0) is 4.79 Å². The van der Waals surface area contributed by atoms with Crippen molar-refractivity contribution in [3.05, 3.63) is 42.7 Å². The highest BCUT2D eigenvalue weighted by Gasteiger charge is 2.03. The molecule has 1 amide bonds. The molecule has 2 rings (SSSR count). The second-order valence-electron chi connectivity index (χ2n) is 4.21. The highest BCUT2D eigenvalue weighted by molar-refractivity contribution is 5.90. The lowest BCUT2D eigenvalue weighted by Gasteiger charge is -2.05. The average molecular weight is 243 g/mol. The molecule has 0 aliphatic heterocycles. The highest BCUT2D eigenvalue weighted by Crippen LogP contribution is 2.21. The van der Waals surface area contributed by atoms with Crippen LogP contribution in [0.4, 0.5) is 5.69 Å². The average Bonchev–Trinajstić information content (AvgIpc) is 2.91. The molecule has 1 N–H and O–H groups in total. The van der Waals surface area contributed by atoms with Crippen molar-refractivity contribution in [2.75, 3.05) is 5.32 Å². The minimum Gasteiger partial charge on any atom is -0.464 e. The first kappa shape index (κ1) is 12.4. The van der Waals surface area contributed by atoms with E-state index in [1.54, 1.807) is 6.26 Å². The van der Waals surface area contributed by atoms with Crippen molar-refractivity contribution in [3.63, 3.8) is 0 Å². The molecule has 2 aromatic rings. The molecule has 0 saturated heterocycles. The van der Waals surface area contributed by atoms with Gasteiger partial charge in [0.05, 0.1) is 6.26 Å². The zero-order valence-electron chi connectivity index (χ0n) is 10.5. The number of carbonyl (C=O) groups excluding carboxylic acids is 1. The molecule has 3 nitrogen and oxygen atoms in total. The van der Waals surface area contributed by atoms with Crippen LogP contribution >= 0.6 is 0 Å². The van der Waals surface area contributed by atoms with E-state index in [1.807, 2.05) is 36.4 Å². The van der Waals surface area contributed by atoms with E-state index in [9.17, 15) is 4.79 Å². The lowest BCUT2D eigenvalue weighted by atomic mass is 10.1. The van der Waals surface area contributed by atoms with E-state index in [0.717, 1.165) is 29.9 Å². The van der Waals surface area contributed by atoms with Crippen LogP contribution in [0.3, 0.4) is 0 Å². The molecule has 94 valence electrons. The van der Waals surface area contributed by atoms with E-state index >= 15 is 0 Å². The largest absolute Gasteiger partial charge is 0.464 e. The van der Waals surface area contributed by atoms with Gasteiger partial charge >= 0.3 is 0 Å². The second-order valence-corrected chi connectivity index (χ2v) is 4.21. The molecule has 0 spiro atoms. The fourth-order valence-corrected chi connectivity index (χ4v) is 1.72. The first-order valence-corrected chi connectivity index (χ1v) is 6.23. The van der Waals surface area contributed by atoms with Crippen molar-refractivity contribution >= 4 is 11.6 Å². The third-order valence-electron chi connectivity index (χ3n) is 2.73. The number of hydrogen-bond acceptors (Lipinski definition) is 2. The van der Waals surface area contributed by atoms with Gasteiger partial charge in [0.1, 0.15) is 5.76 Å². The van der Waals surface area contributed by atoms with Crippen molar-refractivity contribution in [1.82, 2.24) is 0 Å². The molecule has 1 aromatic carbocycles. The van der Waals surface area contributed by atoms with Gasteiger partial charge in [-0.05, 0) is 42.8 Å². The molecule has 0 aliphatic carbocycles. The number of amides is 1. The molecule has 0 radical (unpaired) electrons. The summed E-state index contributed by atoms with van der Waals surface area (Å²) in [6.45, 7) is 2.07. The maximum atomic E-state index is 11.6. The summed E-state index contributed by atoms with van der Waals surface area (Å²) in [5.41, 5.74) is 1.83. The molecule has 3 heteroatoms. The predicted octanol–water partition coefficient (Wildman–Crippen LogP) is 4.08. The Labute approximate surface area is 107 Å². The lowest BCUT2D eigenvalue weighted by molar-refractivity contribution is -0.116. The molecule has 0 unspecified atom stereocenters. The molecule has 0 aliphatic rings. The Kier molecular flexibility index (Phi) is 4.18. The van der Waals surface area contributed by atoms with Crippen molar-refractivity contribution < 1.29 is 9.21 Å². The number of anilines is 1. The maximum absolute atomic E-state index is 11.6. The highest BCUT2D eigenvalue weighted by atomic mass is 16.3. The van der Waals surface area contributed by atoms with Gasteiger partial charge in [-0.1, -0.05) is 13.3 Å². The van der Waals surface area contributed by atoms with E-state index in [0.29, 0.717) is 6.42 Å². The Morgan fingerprint density at radius 2 is 2.00 bits per heavy atom. The topological polar surface area (TPSA) is 42.2 Å². The van der Waals surface area contributed by atoms with Gasteiger partial charge in [0.2, 0.25) is 5.91 Å². The van der Waals surface area contributed by atoms with Crippen LogP contribution in [0.15, 0.2) is 47.1 Å². The van der Waals surface area contributed by atoms with Crippen molar-refractivity contribution in [2.24, 2.45) is 0 Å². The summed E-state index contributed by atoms with van der Waals surface area (Å²) in [7, 11) is 0. The standard InChI is InChI=1S/C15H17NO2/c1-2-3-6-15(17)16-13-9-7-12(8-10-13)14-5-4-11-18-14/h4-5,7-11H,2-3,6H2,1H3,(H,16,17). The Bertz CT molecular complexity index is 486. The number of carbonyl (C=O) groups is 1. The van der Waals surface area contributed by atoms with Gasteiger partial charge in [0, 0.05) is 17.7 Å². The molecular weight excluding hydrogens is 226 g/mol. The Morgan fingerprint density at radius 3 is 2.61 bits per heavy atom. The fourth-order valence-electron chi connectivity index (χ4n) is 1.72. The molecule has 1 aromatic heterocycles. The van der Waals surface area contributed by atoms with Crippen LogP contribution in [0.2, 0.25) is 0 Å². The van der Waals surface area contributed by atoms with Crippen molar-refractivity contribution in [1.29, 1.82) is 0 Å². The van der Waals surface area contributed by atoms with Gasteiger partial charge in [-0.15, -0.1) is 0 Å². The fraction of sp³-hybridized carbons (Fsp3) is 0.267. The van der Waals surface area contributed by atoms with E-state index in [4.69, 9.17) is 4.42 Å². The molecule has 0 saturated carbocycles. The van der Waals surface area contributed by atoms with E-state index in [1.165, 1.54) is 0 Å². The summed E-state index contributed by atoms with van der Waals surface area (Å²) in [6.07, 6.45) is 4.19. The second kappa shape index (κ2) is 6.05. The summed E-state index contributed by atoms with van der Waals surface area (Å²) in [5, 5.41) is 2.88. The summed E-state index contributed by atoms with van der Waals surface area (Å²) >= 11 is 0. The van der Waals surface area contributed by atoms with Gasteiger partial charge in [0.15, 0.2) is 0 Å². The van der Waals surface area contributed by atoms with Crippen LogP contribution in [-0.4, -0.2) is 5.91 Å². The first-order chi connectivity index (χ1) is 8.79. The van der Waals surface area contributed by atoms with E-state index in [2.05, 4.69) is 12.2 Å². The zero-order chi connectivity index (χ0) is 12.8. The van der Waals surface area contributed by atoms with Crippen LogP contribution < -0.4 is 5.32 Å². The Hall–Kier alpha value is -2.03. The smallest absolute Gasteiger partial charge is 0.224 e. The number of hydrogen-bond donors (Lipinski definition) is 1. The first-order valence-electron chi connectivity index (χ1n) is 6.23.